The maximum Gasteiger partial charge on any atom is 0.326 e. The van der Waals surface area contributed by atoms with Crippen LogP contribution in [0.1, 0.15) is 23.7 Å². The summed E-state index contributed by atoms with van der Waals surface area (Å²) in [4.78, 5) is 24.4. The minimum Gasteiger partial charge on any atom is -0.480 e. The summed E-state index contributed by atoms with van der Waals surface area (Å²) in [5.41, 5.74) is -0.169. The fourth-order valence-electron chi connectivity index (χ4n) is 2.39. The van der Waals surface area contributed by atoms with E-state index in [9.17, 15) is 18.4 Å². The Morgan fingerprint density at radius 3 is 2.37 bits per heavy atom. The maximum atomic E-state index is 13.1. The zero-order chi connectivity index (χ0) is 14.2. The number of carbonyl (C=O) groups is 2. The normalized spacial score (nSPS) is 22.6. The molecule has 2 atom stereocenters. The molecule has 0 aliphatic carbocycles. The standard InChI is InChI=1S/C13H13F2NO3/c1-7-2-3-16(11(7)13(18)19)12(17)8-4-9(14)6-10(15)5-8/h4-7,11H,2-3H2,1H3,(H,18,19). The molecule has 1 saturated heterocycles. The van der Waals surface area contributed by atoms with E-state index in [1.807, 2.05) is 0 Å². The second-order valence-corrected chi connectivity index (χ2v) is 4.71. The second kappa shape index (κ2) is 4.95. The number of aliphatic carboxylic acids is 1. The highest BCUT2D eigenvalue weighted by atomic mass is 19.1. The lowest BCUT2D eigenvalue weighted by Gasteiger charge is -2.23. The van der Waals surface area contributed by atoms with Gasteiger partial charge in [0.2, 0.25) is 0 Å². The van der Waals surface area contributed by atoms with E-state index in [0.29, 0.717) is 12.5 Å². The lowest BCUT2D eigenvalue weighted by atomic mass is 10.0. The zero-order valence-corrected chi connectivity index (χ0v) is 10.3. The average Bonchev–Trinajstić information content (AvgIpc) is 2.68. The SMILES string of the molecule is CC1CCN(C(=O)c2cc(F)cc(F)c2)C1C(=O)O. The average molecular weight is 269 g/mol. The fourth-order valence-corrected chi connectivity index (χ4v) is 2.39. The van der Waals surface area contributed by atoms with Crippen LogP contribution < -0.4 is 0 Å². The minimum atomic E-state index is -1.10. The van der Waals surface area contributed by atoms with Crippen molar-refractivity contribution in [2.24, 2.45) is 5.92 Å². The summed E-state index contributed by atoms with van der Waals surface area (Å²) in [5.74, 6) is -3.66. The lowest BCUT2D eigenvalue weighted by molar-refractivity contribution is -0.142. The molecule has 0 radical (unpaired) electrons. The van der Waals surface area contributed by atoms with E-state index in [0.717, 1.165) is 17.0 Å². The summed E-state index contributed by atoms with van der Waals surface area (Å²) in [6, 6.07) is 1.54. The van der Waals surface area contributed by atoms with Crippen molar-refractivity contribution in [3.8, 4) is 0 Å². The summed E-state index contributed by atoms with van der Waals surface area (Å²) in [6.07, 6.45) is 0.556. The van der Waals surface area contributed by atoms with E-state index < -0.39 is 29.6 Å². The number of nitrogens with zero attached hydrogens (tertiary/aromatic N) is 1. The number of amides is 1. The van der Waals surface area contributed by atoms with Crippen LogP contribution in [0.2, 0.25) is 0 Å². The molecule has 1 heterocycles. The van der Waals surface area contributed by atoms with Crippen molar-refractivity contribution < 1.29 is 23.5 Å². The molecular formula is C13H13F2NO3. The minimum absolute atomic E-state index is 0.169. The molecule has 0 spiro atoms. The predicted molar refractivity (Wildman–Crippen MR) is 62.6 cm³/mol. The summed E-state index contributed by atoms with van der Waals surface area (Å²) in [5, 5.41) is 9.12. The van der Waals surface area contributed by atoms with E-state index in [4.69, 9.17) is 5.11 Å². The van der Waals surface area contributed by atoms with E-state index in [1.54, 1.807) is 6.92 Å². The smallest absolute Gasteiger partial charge is 0.326 e. The Bertz CT molecular complexity index is 512. The molecule has 102 valence electrons. The van der Waals surface area contributed by atoms with Gasteiger partial charge in [0.05, 0.1) is 0 Å². The third-order valence-electron chi connectivity index (χ3n) is 3.32. The fraction of sp³-hybridized carbons (Fsp3) is 0.385. The van der Waals surface area contributed by atoms with Crippen LogP contribution in [0.15, 0.2) is 18.2 Å². The Balaban J connectivity index is 2.31. The Labute approximate surface area is 108 Å². The van der Waals surface area contributed by atoms with E-state index in [1.165, 1.54) is 0 Å². The highest BCUT2D eigenvalue weighted by molar-refractivity contribution is 5.97. The van der Waals surface area contributed by atoms with E-state index in [-0.39, 0.29) is 18.0 Å². The molecule has 6 heteroatoms. The van der Waals surface area contributed by atoms with Crippen molar-refractivity contribution >= 4 is 11.9 Å². The quantitative estimate of drug-likeness (QED) is 0.892. The van der Waals surface area contributed by atoms with Gasteiger partial charge in [-0.3, -0.25) is 4.79 Å². The van der Waals surface area contributed by atoms with Crippen molar-refractivity contribution in [3.05, 3.63) is 35.4 Å². The van der Waals surface area contributed by atoms with E-state index in [2.05, 4.69) is 0 Å². The van der Waals surface area contributed by atoms with Crippen LogP contribution in [-0.2, 0) is 4.79 Å². The van der Waals surface area contributed by atoms with Crippen LogP contribution in [0, 0.1) is 17.6 Å². The van der Waals surface area contributed by atoms with Gasteiger partial charge in [0.15, 0.2) is 0 Å². The summed E-state index contributed by atoms with van der Waals surface area (Å²) < 4.78 is 26.2. The van der Waals surface area contributed by atoms with Gasteiger partial charge in [0.1, 0.15) is 17.7 Å². The molecule has 19 heavy (non-hydrogen) atoms. The molecule has 2 unspecified atom stereocenters. The maximum absolute atomic E-state index is 13.1. The Morgan fingerprint density at radius 2 is 1.84 bits per heavy atom. The molecule has 1 fully saturated rings. The Morgan fingerprint density at radius 1 is 1.26 bits per heavy atom. The molecule has 2 rings (SSSR count). The van der Waals surface area contributed by atoms with Crippen molar-refractivity contribution in [3.63, 3.8) is 0 Å². The molecule has 0 saturated carbocycles. The monoisotopic (exact) mass is 269 g/mol. The van der Waals surface area contributed by atoms with Crippen LogP contribution in [0.4, 0.5) is 8.78 Å². The summed E-state index contributed by atoms with van der Waals surface area (Å²) in [6.45, 7) is 2.01. The Kier molecular flexibility index (Phi) is 3.50. The summed E-state index contributed by atoms with van der Waals surface area (Å²) >= 11 is 0. The lowest BCUT2D eigenvalue weighted by Crippen LogP contribution is -2.42. The summed E-state index contributed by atoms with van der Waals surface area (Å²) in [7, 11) is 0. The number of rotatable bonds is 2. The van der Waals surface area contributed by atoms with Crippen LogP contribution in [-0.4, -0.2) is 34.5 Å². The molecule has 1 N–H and O–H groups in total. The largest absolute Gasteiger partial charge is 0.480 e. The second-order valence-electron chi connectivity index (χ2n) is 4.71. The van der Waals surface area contributed by atoms with Crippen molar-refractivity contribution in [2.45, 2.75) is 19.4 Å². The molecule has 1 aliphatic heterocycles. The van der Waals surface area contributed by atoms with Gasteiger partial charge in [-0.1, -0.05) is 6.92 Å². The van der Waals surface area contributed by atoms with Gasteiger partial charge in [-0.2, -0.15) is 0 Å². The predicted octanol–water partition coefficient (Wildman–Crippen LogP) is 1.90. The van der Waals surface area contributed by atoms with Gasteiger partial charge in [0, 0.05) is 18.2 Å². The molecule has 0 aromatic heterocycles. The number of hydrogen-bond donors (Lipinski definition) is 1. The van der Waals surface area contributed by atoms with Crippen LogP contribution >= 0.6 is 0 Å². The van der Waals surface area contributed by atoms with Crippen molar-refractivity contribution in [2.75, 3.05) is 6.54 Å². The number of halogens is 2. The third-order valence-corrected chi connectivity index (χ3v) is 3.32. The molecule has 1 amide bonds. The van der Waals surface area contributed by atoms with E-state index >= 15 is 0 Å². The number of likely N-dealkylation sites (tertiary alicyclic amines) is 1. The van der Waals surface area contributed by atoms with Gasteiger partial charge in [0.25, 0.3) is 5.91 Å². The van der Waals surface area contributed by atoms with Crippen LogP contribution in [0.5, 0.6) is 0 Å². The number of benzene rings is 1. The molecular weight excluding hydrogens is 256 g/mol. The topological polar surface area (TPSA) is 57.6 Å². The van der Waals surface area contributed by atoms with Crippen LogP contribution in [0.3, 0.4) is 0 Å². The number of carboxylic acids is 1. The zero-order valence-electron chi connectivity index (χ0n) is 10.3. The van der Waals surface area contributed by atoms with Crippen LogP contribution in [0.25, 0.3) is 0 Å². The Hall–Kier alpha value is -1.98. The highest BCUT2D eigenvalue weighted by Gasteiger charge is 2.39. The first-order valence-electron chi connectivity index (χ1n) is 5.90. The molecule has 0 bridgehead atoms. The molecule has 1 aromatic rings. The molecule has 1 aliphatic rings. The molecule has 1 aromatic carbocycles. The van der Waals surface area contributed by atoms with Crippen molar-refractivity contribution in [1.82, 2.24) is 4.90 Å². The highest BCUT2D eigenvalue weighted by Crippen LogP contribution is 2.26. The third kappa shape index (κ3) is 2.57. The number of hydrogen-bond acceptors (Lipinski definition) is 2. The molecule has 4 nitrogen and oxygen atoms in total. The van der Waals surface area contributed by atoms with Gasteiger partial charge >= 0.3 is 5.97 Å². The number of carboxylic acid groups (broad SMARTS) is 1. The van der Waals surface area contributed by atoms with Gasteiger partial charge in [-0.25, -0.2) is 13.6 Å². The van der Waals surface area contributed by atoms with Crippen molar-refractivity contribution in [1.29, 1.82) is 0 Å². The number of carbonyl (C=O) groups excluding carboxylic acids is 1. The first-order chi connectivity index (χ1) is 8.90. The van der Waals surface area contributed by atoms with Gasteiger partial charge < -0.3 is 10.0 Å². The first-order valence-corrected chi connectivity index (χ1v) is 5.90. The van der Waals surface area contributed by atoms with Gasteiger partial charge in [-0.05, 0) is 24.5 Å². The van der Waals surface area contributed by atoms with Gasteiger partial charge in [-0.15, -0.1) is 0 Å². The first kappa shape index (κ1) is 13.5.